The lowest BCUT2D eigenvalue weighted by Crippen LogP contribution is -2.18. The Morgan fingerprint density at radius 3 is 2.35 bits per heavy atom. The Morgan fingerprint density at radius 1 is 1.06 bits per heavy atom. The lowest BCUT2D eigenvalue weighted by molar-refractivity contribution is 1.47. The first-order chi connectivity index (χ1) is 8.15. The molecule has 2 rings (SSSR count). The molecule has 0 saturated carbocycles. The summed E-state index contributed by atoms with van der Waals surface area (Å²) in [5, 5.41) is 3.19. The molecule has 0 aromatic heterocycles. The average molecular weight is 242 g/mol. The lowest BCUT2D eigenvalue weighted by atomic mass is 10.0. The standard InChI is InChI=1S/C14H14N2S/c1-10-3-2-4-12(9-10)11-5-7-13(8-6-11)16-14(15)17/h2-9H,1H3,(H3,15,16,17). The normalized spacial score (nSPS) is 9.94. The van der Waals surface area contributed by atoms with Crippen LogP contribution in [0.25, 0.3) is 11.1 Å². The molecule has 0 aliphatic heterocycles. The molecule has 0 saturated heterocycles. The summed E-state index contributed by atoms with van der Waals surface area (Å²) >= 11 is 4.79. The van der Waals surface area contributed by atoms with Gasteiger partial charge in [-0.05, 0) is 42.4 Å². The first-order valence-electron chi connectivity index (χ1n) is 5.39. The van der Waals surface area contributed by atoms with Crippen LogP contribution in [0.5, 0.6) is 0 Å². The van der Waals surface area contributed by atoms with Crippen LogP contribution in [0.15, 0.2) is 48.5 Å². The van der Waals surface area contributed by atoms with Gasteiger partial charge < -0.3 is 11.1 Å². The molecule has 86 valence electrons. The third kappa shape index (κ3) is 3.04. The Kier molecular flexibility index (Phi) is 3.40. The van der Waals surface area contributed by atoms with Gasteiger partial charge in [-0.25, -0.2) is 0 Å². The van der Waals surface area contributed by atoms with Gasteiger partial charge in [-0.1, -0.05) is 42.0 Å². The van der Waals surface area contributed by atoms with Crippen molar-refractivity contribution < 1.29 is 0 Å². The molecule has 0 aliphatic rings. The molecule has 0 heterocycles. The minimum Gasteiger partial charge on any atom is -0.376 e. The van der Waals surface area contributed by atoms with E-state index in [2.05, 4.69) is 48.6 Å². The second-order valence-corrected chi connectivity index (χ2v) is 4.38. The zero-order valence-electron chi connectivity index (χ0n) is 9.60. The summed E-state index contributed by atoms with van der Waals surface area (Å²) in [6.45, 7) is 2.09. The van der Waals surface area contributed by atoms with Crippen molar-refractivity contribution in [2.45, 2.75) is 6.92 Å². The number of hydrogen-bond donors (Lipinski definition) is 2. The number of benzene rings is 2. The molecule has 0 radical (unpaired) electrons. The lowest BCUT2D eigenvalue weighted by Gasteiger charge is -2.06. The molecule has 0 fully saturated rings. The summed E-state index contributed by atoms with van der Waals surface area (Å²) in [5.41, 5.74) is 9.98. The summed E-state index contributed by atoms with van der Waals surface area (Å²) < 4.78 is 0. The van der Waals surface area contributed by atoms with Crippen molar-refractivity contribution in [2.24, 2.45) is 5.73 Å². The molecule has 3 heteroatoms. The highest BCUT2D eigenvalue weighted by atomic mass is 32.1. The highest BCUT2D eigenvalue weighted by Crippen LogP contribution is 2.22. The van der Waals surface area contributed by atoms with E-state index >= 15 is 0 Å². The van der Waals surface area contributed by atoms with Crippen molar-refractivity contribution in [2.75, 3.05) is 5.32 Å². The number of anilines is 1. The minimum absolute atomic E-state index is 0.285. The van der Waals surface area contributed by atoms with Crippen molar-refractivity contribution in [1.29, 1.82) is 0 Å². The van der Waals surface area contributed by atoms with Gasteiger partial charge in [0.05, 0.1) is 0 Å². The number of thiocarbonyl (C=S) groups is 1. The van der Waals surface area contributed by atoms with Gasteiger partial charge in [-0.3, -0.25) is 0 Å². The summed E-state index contributed by atoms with van der Waals surface area (Å²) in [7, 11) is 0. The van der Waals surface area contributed by atoms with Crippen molar-refractivity contribution in [1.82, 2.24) is 0 Å². The maximum absolute atomic E-state index is 5.41. The van der Waals surface area contributed by atoms with Crippen molar-refractivity contribution in [3.63, 3.8) is 0 Å². The first kappa shape index (κ1) is 11.6. The smallest absolute Gasteiger partial charge is 0.168 e. The van der Waals surface area contributed by atoms with Crippen molar-refractivity contribution in [3.8, 4) is 11.1 Å². The van der Waals surface area contributed by atoms with Crippen LogP contribution in [0.1, 0.15) is 5.56 Å². The first-order valence-corrected chi connectivity index (χ1v) is 5.79. The van der Waals surface area contributed by atoms with Crippen molar-refractivity contribution in [3.05, 3.63) is 54.1 Å². The van der Waals surface area contributed by atoms with Gasteiger partial charge in [-0.15, -0.1) is 0 Å². The van der Waals surface area contributed by atoms with E-state index in [-0.39, 0.29) is 5.11 Å². The van der Waals surface area contributed by atoms with Gasteiger partial charge in [0.1, 0.15) is 0 Å². The van der Waals surface area contributed by atoms with Crippen LogP contribution in [0.2, 0.25) is 0 Å². The maximum Gasteiger partial charge on any atom is 0.168 e. The van der Waals surface area contributed by atoms with E-state index in [9.17, 15) is 0 Å². The summed E-state index contributed by atoms with van der Waals surface area (Å²) in [5.74, 6) is 0. The van der Waals surface area contributed by atoms with Gasteiger partial charge in [-0.2, -0.15) is 0 Å². The fourth-order valence-corrected chi connectivity index (χ4v) is 1.83. The number of nitrogens with one attached hydrogen (secondary N) is 1. The molecule has 0 amide bonds. The van der Waals surface area contributed by atoms with E-state index < -0.39 is 0 Å². The molecule has 17 heavy (non-hydrogen) atoms. The predicted molar refractivity (Wildman–Crippen MR) is 77.0 cm³/mol. The molecule has 0 atom stereocenters. The second-order valence-electron chi connectivity index (χ2n) is 3.94. The highest BCUT2D eigenvalue weighted by Gasteiger charge is 1.98. The minimum atomic E-state index is 0.285. The third-order valence-corrected chi connectivity index (χ3v) is 2.61. The molecular weight excluding hydrogens is 228 g/mol. The number of nitrogens with two attached hydrogens (primary N) is 1. The Morgan fingerprint density at radius 2 is 1.76 bits per heavy atom. The van der Waals surface area contributed by atoms with E-state index in [0.29, 0.717) is 0 Å². The van der Waals surface area contributed by atoms with E-state index in [1.54, 1.807) is 0 Å². The highest BCUT2D eigenvalue weighted by molar-refractivity contribution is 7.80. The number of hydrogen-bond acceptors (Lipinski definition) is 1. The Hall–Kier alpha value is -1.87. The monoisotopic (exact) mass is 242 g/mol. The van der Waals surface area contributed by atoms with E-state index in [0.717, 1.165) is 5.69 Å². The van der Waals surface area contributed by atoms with E-state index in [1.165, 1.54) is 16.7 Å². The number of aryl methyl sites for hydroxylation is 1. The molecule has 0 bridgehead atoms. The van der Waals surface area contributed by atoms with Crippen molar-refractivity contribution >= 4 is 23.0 Å². The molecule has 0 unspecified atom stereocenters. The van der Waals surface area contributed by atoms with Crippen LogP contribution >= 0.6 is 12.2 Å². The maximum atomic E-state index is 5.41. The Labute approximate surface area is 106 Å². The summed E-state index contributed by atoms with van der Waals surface area (Å²) in [6.07, 6.45) is 0. The van der Waals surface area contributed by atoms with Gasteiger partial charge in [0, 0.05) is 5.69 Å². The molecule has 0 aliphatic carbocycles. The predicted octanol–water partition coefficient (Wildman–Crippen LogP) is 3.32. The van der Waals surface area contributed by atoms with Crippen LogP contribution in [0, 0.1) is 6.92 Å². The van der Waals surface area contributed by atoms with Gasteiger partial charge >= 0.3 is 0 Å². The quantitative estimate of drug-likeness (QED) is 0.793. The zero-order valence-corrected chi connectivity index (χ0v) is 10.4. The topological polar surface area (TPSA) is 38.0 Å². The summed E-state index contributed by atoms with van der Waals surface area (Å²) in [4.78, 5) is 0. The molecule has 0 spiro atoms. The SMILES string of the molecule is Cc1cccc(-c2ccc(NC(N)=S)cc2)c1. The molecule has 3 N–H and O–H groups in total. The van der Waals surface area contributed by atoms with Crippen LogP contribution in [-0.2, 0) is 0 Å². The van der Waals surface area contributed by atoms with E-state index in [1.807, 2.05) is 12.1 Å². The Bertz CT molecular complexity index is 532. The number of rotatable bonds is 2. The van der Waals surface area contributed by atoms with Crippen LogP contribution in [-0.4, -0.2) is 5.11 Å². The molecular formula is C14H14N2S. The Balaban J connectivity index is 2.26. The van der Waals surface area contributed by atoms with Crippen LogP contribution < -0.4 is 11.1 Å². The third-order valence-electron chi connectivity index (χ3n) is 2.50. The van der Waals surface area contributed by atoms with Gasteiger partial charge in [0.25, 0.3) is 0 Å². The van der Waals surface area contributed by atoms with Crippen LogP contribution in [0.4, 0.5) is 5.69 Å². The van der Waals surface area contributed by atoms with Crippen LogP contribution in [0.3, 0.4) is 0 Å². The molecule has 2 aromatic rings. The zero-order chi connectivity index (χ0) is 12.3. The summed E-state index contributed by atoms with van der Waals surface area (Å²) in [6, 6.07) is 16.5. The second kappa shape index (κ2) is 4.97. The molecule has 2 nitrogen and oxygen atoms in total. The van der Waals surface area contributed by atoms with Gasteiger partial charge in [0.2, 0.25) is 0 Å². The van der Waals surface area contributed by atoms with E-state index in [4.69, 9.17) is 18.0 Å². The van der Waals surface area contributed by atoms with Gasteiger partial charge in [0.15, 0.2) is 5.11 Å². The fourth-order valence-electron chi connectivity index (χ4n) is 1.71. The molecule has 2 aromatic carbocycles. The fraction of sp³-hybridized carbons (Fsp3) is 0.0714. The average Bonchev–Trinajstić information content (AvgIpc) is 2.29. The largest absolute Gasteiger partial charge is 0.376 e.